The van der Waals surface area contributed by atoms with E-state index in [1.54, 1.807) is 13.8 Å². The minimum absolute atomic E-state index is 0.104. The zero-order valence-corrected chi connectivity index (χ0v) is 28.1. The lowest BCUT2D eigenvalue weighted by molar-refractivity contribution is -0.267. The van der Waals surface area contributed by atoms with Crippen LogP contribution in [0.5, 0.6) is 0 Å². The normalized spacial score (nSPS) is 32.0. The third-order valence-corrected chi connectivity index (χ3v) is 9.56. The van der Waals surface area contributed by atoms with Crippen molar-refractivity contribution in [3.63, 3.8) is 0 Å². The quantitative estimate of drug-likeness (QED) is 0.301. The van der Waals surface area contributed by atoms with Crippen molar-refractivity contribution in [3.05, 3.63) is 35.9 Å². The van der Waals surface area contributed by atoms with E-state index < -0.39 is 90.6 Å². The maximum Gasteiger partial charge on any atom is 0.325 e. The van der Waals surface area contributed by atoms with Crippen LogP contribution in [0, 0.1) is 5.92 Å². The minimum atomic E-state index is -2.45. The molecule has 0 spiro atoms. The monoisotopic (exact) mass is 672 g/mol. The van der Waals surface area contributed by atoms with Gasteiger partial charge in [-0.05, 0) is 57.4 Å². The van der Waals surface area contributed by atoms with Gasteiger partial charge in [-0.15, -0.1) is 0 Å². The average molecular weight is 673 g/mol. The second-order valence-corrected chi connectivity index (χ2v) is 13.0. The van der Waals surface area contributed by atoms with Crippen molar-refractivity contribution in [1.82, 2.24) is 20.4 Å². The van der Waals surface area contributed by atoms with Gasteiger partial charge in [0.2, 0.25) is 23.5 Å². The van der Waals surface area contributed by atoms with E-state index in [-0.39, 0.29) is 25.8 Å². The number of ether oxygens (including phenoxy) is 3. The predicted molar refractivity (Wildman–Crippen MR) is 171 cm³/mol. The standard InChI is InChI=1S/C34H48N4O10/c1-21-13-15-24-18-27(46-4)22(2)47-29(40)20-37(3)28(39)19-35-31(42)25(16-14-23-10-6-5-7-11-23)36-32(43)26-12-8-9-17-38(26)33(44)30(41)34(21,45)48-24/h5-7,10-11,21-22,24-27,45H,8-9,12-20H2,1-4H3,(H,35,42)(H,36,43)/t21-,22+,24+,25-,26?,27+,34-/m1/s1. The summed E-state index contributed by atoms with van der Waals surface area (Å²) in [7, 11) is 2.83. The number of aliphatic hydroxyl groups is 1. The number of Topliss-reactive ketones (excluding diaryl/α,β-unsaturated/α-hetero) is 1. The summed E-state index contributed by atoms with van der Waals surface area (Å²) in [4.78, 5) is 82.6. The number of ketones is 1. The number of nitrogens with one attached hydrogen (secondary N) is 2. The fraction of sp³-hybridized carbons (Fsp3) is 0.647. The Hall–Kier alpha value is -3.88. The summed E-state index contributed by atoms with van der Waals surface area (Å²) in [6.07, 6.45) is 0.760. The first kappa shape index (κ1) is 36.9. The van der Waals surface area contributed by atoms with Gasteiger partial charge in [-0.3, -0.25) is 28.8 Å². The Balaban J connectivity index is 1.64. The van der Waals surface area contributed by atoms with E-state index in [0.29, 0.717) is 32.1 Å². The van der Waals surface area contributed by atoms with E-state index in [2.05, 4.69) is 10.6 Å². The molecule has 264 valence electrons. The second kappa shape index (κ2) is 16.5. The number of hydrogen-bond acceptors (Lipinski definition) is 10. The molecule has 14 heteroatoms. The highest BCUT2D eigenvalue weighted by Crippen LogP contribution is 2.36. The van der Waals surface area contributed by atoms with Gasteiger partial charge in [0.15, 0.2) is 0 Å². The molecular weight excluding hydrogens is 624 g/mol. The number of hydrogen-bond donors (Lipinski definition) is 3. The van der Waals surface area contributed by atoms with Crippen LogP contribution < -0.4 is 10.6 Å². The molecule has 3 heterocycles. The molecule has 3 aliphatic rings. The lowest BCUT2D eigenvalue weighted by atomic mass is 9.85. The van der Waals surface area contributed by atoms with E-state index in [9.17, 15) is 33.9 Å². The van der Waals surface area contributed by atoms with Crippen molar-refractivity contribution < 1.29 is 48.1 Å². The number of aryl methyl sites for hydroxylation is 1. The van der Waals surface area contributed by atoms with Crippen LogP contribution in [0.1, 0.15) is 64.4 Å². The molecule has 3 N–H and O–H groups in total. The van der Waals surface area contributed by atoms with Crippen molar-refractivity contribution in [3.8, 4) is 0 Å². The second-order valence-electron chi connectivity index (χ2n) is 13.0. The van der Waals surface area contributed by atoms with Gasteiger partial charge in [0.25, 0.3) is 11.7 Å². The van der Waals surface area contributed by atoms with Gasteiger partial charge in [-0.1, -0.05) is 37.3 Å². The van der Waals surface area contributed by atoms with Gasteiger partial charge in [0, 0.05) is 33.0 Å². The summed E-state index contributed by atoms with van der Waals surface area (Å²) in [6.45, 7) is 2.51. The number of methoxy groups -OCH3 is 1. The number of benzene rings is 1. The van der Waals surface area contributed by atoms with Crippen LogP contribution in [0.15, 0.2) is 30.3 Å². The van der Waals surface area contributed by atoms with Gasteiger partial charge in [0.05, 0.1) is 18.8 Å². The molecule has 3 aliphatic heterocycles. The van der Waals surface area contributed by atoms with Crippen LogP contribution in [0.3, 0.4) is 0 Å². The number of piperidine rings is 1. The summed E-state index contributed by atoms with van der Waals surface area (Å²) in [5.41, 5.74) is 0.925. The summed E-state index contributed by atoms with van der Waals surface area (Å²) >= 11 is 0. The number of likely N-dealkylation sites (N-methyl/N-ethyl adjacent to an activating group) is 1. The molecule has 1 aromatic carbocycles. The Morgan fingerprint density at radius 3 is 2.44 bits per heavy atom. The van der Waals surface area contributed by atoms with Crippen LogP contribution in [0.25, 0.3) is 0 Å². The van der Waals surface area contributed by atoms with Gasteiger partial charge in [0.1, 0.15) is 24.7 Å². The SMILES string of the molecule is CO[C@H]1C[C@@H]2CC[C@@H](C)[C@@](O)(O2)C(=O)C(=O)N2CCCCC2C(=O)N[C@H](CCc2ccccc2)C(=O)NCC(=O)N(C)CC(=O)O[C@H]1C. The summed E-state index contributed by atoms with van der Waals surface area (Å²) in [6, 6.07) is 7.20. The molecular formula is C34H48N4O10. The Morgan fingerprint density at radius 2 is 1.73 bits per heavy atom. The molecule has 0 aliphatic carbocycles. The van der Waals surface area contributed by atoms with Crippen molar-refractivity contribution in [1.29, 1.82) is 0 Å². The number of carbonyl (C=O) groups is 6. The van der Waals surface area contributed by atoms with Gasteiger partial charge in [-0.2, -0.15) is 0 Å². The average Bonchev–Trinajstić information content (AvgIpc) is 3.08. The Bertz CT molecular complexity index is 1340. The minimum Gasteiger partial charge on any atom is -0.459 e. The van der Waals surface area contributed by atoms with Crippen molar-refractivity contribution in [2.45, 2.75) is 101 Å². The van der Waals surface area contributed by atoms with Crippen LogP contribution in [0.4, 0.5) is 0 Å². The predicted octanol–water partition coefficient (Wildman–Crippen LogP) is 0.483. The number of nitrogens with zero attached hydrogens (tertiary/aromatic N) is 2. The number of cyclic esters (lactones) is 1. The highest BCUT2D eigenvalue weighted by Gasteiger charge is 2.53. The molecule has 14 nitrogen and oxygen atoms in total. The Labute approximate surface area is 280 Å². The summed E-state index contributed by atoms with van der Waals surface area (Å²) < 4.78 is 17.1. The van der Waals surface area contributed by atoms with Gasteiger partial charge in [-0.25, -0.2) is 0 Å². The van der Waals surface area contributed by atoms with E-state index in [4.69, 9.17) is 14.2 Å². The fourth-order valence-electron chi connectivity index (χ4n) is 6.49. The Morgan fingerprint density at radius 1 is 1.00 bits per heavy atom. The maximum absolute atomic E-state index is 13.8. The van der Waals surface area contributed by atoms with Gasteiger partial charge < -0.3 is 39.8 Å². The molecule has 1 aromatic rings. The van der Waals surface area contributed by atoms with Crippen molar-refractivity contribution in [2.24, 2.45) is 5.92 Å². The molecule has 4 rings (SSSR count). The summed E-state index contributed by atoms with van der Waals surface area (Å²) in [5, 5.41) is 16.9. The molecule has 1 unspecified atom stereocenters. The lowest BCUT2D eigenvalue weighted by Gasteiger charge is -2.43. The van der Waals surface area contributed by atoms with Crippen LogP contribution >= 0.6 is 0 Å². The molecule has 7 atom stereocenters. The topological polar surface area (TPSA) is 181 Å². The Kier molecular flexibility index (Phi) is 12.7. The van der Waals surface area contributed by atoms with Crippen LogP contribution in [0.2, 0.25) is 0 Å². The largest absolute Gasteiger partial charge is 0.459 e. The lowest BCUT2D eigenvalue weighted by Crippen LogP contribution is -2.62. The molecule has 0 saturated carbocycles. The van der Waals surface area contributed by atoms with E-state index in [1.807, 2.05) is 30.3 Å². The van der Waals surface area contributed by atoms with E-state index in [0.717, 1.165) is 15.4 Å². The van der Waals surface area contributed by atoms with E-state index >= 15 is 0 Å². The highest BCUT2D eigenvalue weighted by atomic mass is 16.6. The fourth-order valence-corrected chi connectivity index (χ4v) is 6.49. The van der Waals surface area contributed by atoms with E-state index in [1.165, 1.54) is 14.2 Å². The van der Waals surface area contributed by atoms with Crippen LogP contribution in [-0.2, 0) is 49.4 Å². The zero-order chi connectivity index (χ0) is 35.0. The number of esters is 1. The van der Waals surface area contributed by atoms with Crippen molar-refractivity contribution in [2.75, 3.05) is 33.8 Å². The third-order valence-electron chi connectivity index (χ3n) is 9.56. The molecule has 4 amide bonds. The maximum atomic E-state index is 13.8. The number of fused-ring (bicyclic) bond motifs is 3. The van der Waals surface area contributed by atoms with Crippen LogP contribution in [-0.4, -0.2) is 120 Å². The number of amides is 4. The molecule has 2 bridgehead atoms. The first-order chi connectivity index (χ1) is 22.8. The van der Waals surface area contributed by atoms with Gasteiger partial charge >= 0.3 is 5.97 Å². The van der Waals surface area contributed by atoms with Crippen molar-refractivity contribution >= 4 is 35.4 Å². The number of carbonyl (C=O) groups excluding carboxylic acids is 6. The molecule has 0 aromatic heterocycles. The first-order valence-electron chi connectivity index (χ1n) is 16.7. The molecule has 3 saturated heterocycles. The smallest absolute Gasteiger partial charge is 0.325 e. The first-order valence-corrected chi connectivity index (χ1v) is 16.7. The summed E-state index contributed by atoms with van der Waals surface area (Å²) in [5.74, 6) is -7.89. The molecule has 0 radical (unpaired) electrons. The third kappa shape index (κ3) is 8.97. The molecule has 3 fully saturated rings. The molecule has 48 heavy (non-hydrogen) atoms. The highest BCUT2D eigenvalue weighted by molar-refractivity contribution is 6.39. The zero-order valence-electron chi connectivity index (χ0n) is 28.1. The number of rotatable bonds is 4.